The molecule has 0 atom stereocenters. The largest absolute Gasteiger partial charge is 0.492 e. The van der Waals surface area contributed by atoms with Crippen molar-refractivity contribution in [2.45, 2.75) is 38.1 Å². The van der Waals surface area contributed by atoms with Gasteiger partial charge in [0.1, 0.15) is 11.6 Å². The number of nitrogens with zero attached hydrogens (tertiary/aromatic N) is 3. The first-order valence-corrected chi connectivity index (χ1v) is 10.2. The topological polar surface area (TPSA) is 72.8 Å². The molecule has 156 valence electrons. The maximum absolute atomic E-state index is 12.4. The Balaban J connectivity index is 2.03. The quantitative estimate of drug-likeness (QED) is 0.412. The zero-order valence-corrected chi connectivity index (χ0v) is 17.2. The van der Waals surface area contributed by atoms with E-state index >= 15 is 0 Å². The first-order chi connectivity index (χ1) is 13.7. The monoisotopic (exact) mass is 446 g/mol. The van der Waals surface area contributed by atoms with Gasteiger partial charge in [-0.25, -0.2) is 9.97 Å². The van der Waals surface area contributed by atoms with Crippen LogP contribution >= 0.6 is 23.4 Å². The van der Waals surface area contributed by atoms with Crippen LogP contribution in [0, 0.1) is 0 Å². The molecule has 1 aromatic carbocycles. The third-order valence-corrected chi connectivity index (χ3v) is 5.20. The van der Waals surface area contributed by atoms with Crippen LogP contribution in [-0.2, 0) is 6.54 Å². The van der Waals surface area contributed by atoms with E-state index in [-0.39, 0.29) is 16.4 Å². The molecule has 0 aliphatic rings. The van der Waals surface area contributed by atoms with Crippen molar-refractivity contribution in [2.75, 3.05) is 12.4 Å². The summed E-state index contributed by atoms with van der Waals surface area (Å²) in [6.07, 6.45) is -5.23. The fourth-order valence-electron chi connectivity index (χ4n) is 2.75. The number of thioether (sulfide) groups is 1. The number of aromatic amines is 1. The van der Waals surface area contributed by atoms with Gasteiger partial charge in [0, 0.05) is 17.9 Å². The van der Waals surface area contributed by atoms with E-state index in [0.29, 0.717) is 41.0 Å². The standard InChI is InChI=1S/C18H18ClF3N4O2S/c1-3-26-14(10-5-6-11(19)12(9-10)28-4-2)23-13-15(26)24-17(25-16(13)27)29-8-7-18(20,21)22/h5-6,9H,3-4,7-8H2,1-2H3,(H,24,25,27). The molecule has 0 aliphatic heterocycles. The highest BCUT2D eigenvalue weighted by atomic mass is 35.5. The molecule has 6 nitrogen and oxygen atoms in total. The van der Waals surface area contributed by atoms with E-state index in [1.54, 1.807) is 22.8 Å². The number of ether oxygens (including phenoxy) is 1. The SMILES string of the molecule is CCOc1cc(-c2nc3c(=O)[nH]c(SCCC(F)(F)F)nc3n2CC)ccc1Cl. The molecule has 2 aromatic heterocycles. The van der Waals surface area contributed by atoms with Gasteiger partial charge in [0.25, 0.3) is 5.56 Å². The molecule has 0 saturated heterocycles. The van der Waals surface area contributed by atoms with Crippen LogP contribution in [-0.4, -0.2) is 38.1 Å². The zero-order chi connectivity index (χ0) is 21.2. The van der Waals surface area contributed by atoms with E-state index in [0.717, 1.165) is 11.8 Å². The van der Waals surface area contributed by atoms with Crippen molar-refractivity contribution >= 4 is 34.5 Å². The van der Waals surface area contributed by atoms with Crippen LogP contribution in [0.3, 0.4) is 0 Å². The third kappa shape index (κ3) is 4.87. The highest BCUT2D eigenvalue weighted by Gasteiger charge is 2.26. The van der Waals surface area contributed by atoms with Crippen molar-refractivity contribution in [3.63, 3.8) is 0 Å². The highest BCUT2D eigenvalue weighted by molar-refractivity contribution is 7.99. The number of H-pyrrole nitrogens is 1. The van der Waals surface area contributed by atoms with E-state index in [2.05, 4.69) is 15.0 Å². The number of aromatic nitrogens is 4. The molecular formula is C18H18ClF3N4O2S. The number of benzene rings is 1. The summed E-state index contributed by atoms with van der Waals surface area (Å²) in [4.78, 5) is 23.7. The van der Waals surface area contributed by atoms with E-state index in [1.807, 2.05) is 13.8 Å². The molecule has 0 radical (unpaired) electrons. The second-order valence-electron chi connectivity index (χ2n) is 6.01. The molecule has 0 spiro atoms. The zero-order valence-electron chi connectivity index (χ0n) is 15.6. The Morgan fingerprint density at radius 1 is 1.28 bits per heavy atom. The van der Waals surface area contributed by atoms with Crippen molar-refractivity contribution in [3.8, 4) is 17.1 Å². The fraction of sp³-hybridized carbons (Fsp3) is 0.389. The number of imidazole rings is 1. The highest BCUT2D eigenvalue weighted by Crippen LogP contribution is 2.32. The average Bonchev–Trinajstić information content (AvgIpc) is 3.02. The number of nitrogens with one attached hydrogen (secondary N) is 1. The number of aryl methyl sites for hydroxylation is 1. The number of hydrogen-bond acceptors (Lipinski definition) is 5. The van der Waals surface area contributed by atoms with Gasteiger partial charge in [-0.15, -0.1) is 0 Å². The van der Waals surface area contributed by atoms with Gasteiger partial charge in [0.15, 0.2) is 16.3 Å². The Bertz CT molecular complexity index is 1080. The number of rotatable bonds is 7. The van der Waals surface area contributed by atoms with Gasteiger partial charge in [-0.05, 0) is 32.0 Å². The lowest BCUT2D eigenvalue weighted by molar-refractivity contribution is -0.129. The molecule has 3 rings (SSSR count). The van der Waals surface area contributed by atoms with Crippen LogP contribution < -0.4 is 10.3 Å². The van der Waals surface area contributed by atoms with E-state index in [9.17, 15) is 18.0 Å². The summed E-state index contributed by atoms with van der Waals surface area (Å²) >= 11 is 6.99. The molecule has 0 saturated carbocycles. The lowest BCUT2D eigenvalue weighted by Crippen LogP contribution is -2.12. The molecule has 29 heavy (non-hydrogen) atoms. The molecule has 0 aliphatic carbocycles. The van der Waals surface area contributed by atoms with Crippen molar-refractivity contribution in [1.29, 1.82) is 0 Å². The van der Waals surface area contributed by atoms with E-state index in [1.165, 1.54) is 0 Å². The summed E-state index contributed by atoms with van der Waals surface area (Å²) in [6.45, 7) is 4.60. The lowest BCUT2D eigenvalue weighted by Gasteiger charge is -2.10. The molecule has 11 heteroatoms. The van der Waals surface area contributed by atoms with E-state index < -0.39 is 18.2 Å². The maximum Gasteiger partial charge on any atom is 0.389 e. The lowest BCUT2D eigenvalue weighted by atomic mass is 10.2. The number of fused-ring (bicyclic) bond motifs is 1. The van der Waals surface area contributed by atoms with Gasteiger partial charge in [0.05, 0.1) is 18.1 Å². The van der Waals surface area contributed by atoms with Crippen LogP contribution in [0.25, 0.3) is 22.6 Å². The minimum Gasteiger partial charge on any atom is -0.492 e. The summed E-state index contributed by atoms with van der Waals surface area (Å²) in [5.41, 5.74) is 0.615. The number of hydrogen-bond donors (Lipinski definition) is 1. The maximum atomic E-state index is 12.4. The Morgan fingerprint density at radius 3 is 2.69 bits per heavy atom. The number of halogens is 4. The molecule has 0 unspecified atom stereocenters. The predicted octanol–water partition coefficient (Wildman–Crippen LogP) is 4.90. The van der Waals surface area contributed by atoms with Gasteiger partial charge in [-0.2, -0.15) is 13.2 Å². The van der Waals surface area contributed by atoms with E-state index in [4.69, 9.17) is 16.3 Å². The summed E-state index contributed by atoms with van der Waals surface area (Å²) in [5.74, 6) is 0.752. The Morgan fingerprint density at radius 2 is 2.03 bits per heavy atom. The molecular weight excluding hydrogens is 429 g/mol. The predicted molar refractivity (Wildman–Crippen MR) is 107 cm³/mol. The van der Waals surface area contributed by atoms with Gasteiger partial charge >= 0.3 is 6.18 Å². The molecule has 0 amide bonds. The first kappa shape index (κ1) is 21.5. The molecule has 0 fully saturated rings. The molecule has 0 bridgehead atoms. The minimum atomic E-state index is -4.26. The van der Waals surface area contributed by atoms with Gasteiger partial charge in [0.2, 0.25) is 0 Å². The average molecular weight is 447 g/mol. The Kier molecular flexibility index (Phi) is 6.42. The van der Waals surface area contributed by atoms with Crippen LogP contribution in [0.1, 0.15) is 20.3 Å². The van der Waals surface area contributed by atoms with Crippen molar-refractivity contribution in [3.05, 3.63) is 33.6 Å². The van der Waals surface area contributed by atoms with Crippen molar-refractivity contribution < 1.29 is 17.9 Å². The van der Waals surface area contributed by atoms with Crippen LogP contribution in [0.2, 0.25) is 5.02 Å². The molecule has 3 aromatic rings. The molecule has 2 heterocycles. The summed E-state index contributed by atoms with van der Waals surface area (Å²) in [6, 6.07) is 5.16. The molecule has 1 N–H and O–H groups in total. The second kappa shape index (κ2) is 8.66. The van der Waals surface area contributed by atoms with Gasteiger partial charge < -0.3 is 9.30 Å². The van der Waals surface area contributed by atoms with Crippen molar-refractivity contribution in [1.82, 2.24) is 19.5 Å². The van der Waals surface area contributed by atoms with Crippen LogP contribution in [0.4, 0.5) is 13.2 Å². The fourth-order valence-corrected chi connectivity index (χ4v) is 3.77. The van der Waals surface area contributed by atoms with Gasteiger partial charge in [-0.1, -0.05) is 23.4 Å². The second-order valence-corrected chi connectivity index (χ2v) is 7.51. The number of alkyl halides is 3. The normalized spacial score (nSPS) is 11.9. The minimum absolute atomic E-state index is 0.120. The van der Waals surface area contributed by atoms with Crippen molar-refractivity contribution in [2.24, 2.45) is 0 Å². The summed E-state index contributed by atoms with van der Waals surface area (Å²) < 4.78 is 44.4. The Hall–Kier alpha value is -2.20. The third-order valence-electron chi connectivity index (χ3n) is 4.01. The Labute approximate surface area is 173 Å². The van der Waals surface area contributed by atoms with Gasteiger partial charge in [-0.3, -0.25) is 9.78 Å². The summed E-state index contributed by atoms with van der Waals surface area (Å²) in [5, 5.41) is 0.577. The first-order valence-electron chi connectivity index (χ1n) is 8.86. The summed E-state index contributed by atoms with van der Waals surface area (Å²) in [7, 11) is 0. The smallest absolute Gasteiger partial charge is 0.389 e. The van der Waals surface area contributed by atoms with Crippen LogP contribution in [0.15, 0.2) is 28.2 Å². The van der Waals surface area contributed by atoms with Crippen LogP contribution in [0.5, 0.6) is 5.75 Å².